The maximum atomic E-state index is 11.1. The lowest BCUT2D eigenvalue weighted by atomic mass is 10.0. The Morgan fingerprint density at radius 3 is 2.62 bits per heavy atom. The highest BCUT2D eigenvalue weighted by molar-refractivity contribution is 7.18. The van der Waals surface area contributed by atoms with Crippen LogP contribution < -0.4 is 5.32 Å². The maximum Gasteiger partial charge on any atom is 0.405 e. The van der Waals surface area contributed by atoms with Crippen molar-refractivity contribution >= 4 is 27.6 Å². The number of amides is 1. The van der Waals surface area contributed by atoms with Crippen LogP contribution in [0.4, 0.5) is 4.79 Å². The number of fused-ring (bicyclic) bond motifs is 1. The van der Waals surface area contributed by atoms with Crippen molar-refractivity contribution in [3.8, 4) is 11.1 Å². The first-order valence-corrected chi connectivity index (χ1v) is 8.65. The van der Waals surface area contributed by atoms with Gasteiger partial charge >= 0.3 is 6.09 Å². The Hall–Kier alpha value is -2.47. The third-order valence-corrected chi connectivity index (χ3v) is 4.85. The van der Waals surface area contributed by atoms with Gasteiger partial charge in [0.1, 0.15) is 5.01 Å². The molecule has 0 radical (unpaired) electrons. The zero-order valence-corrected chi connectivity index (χ0v) is 14.4. The summed E-state index contributed by atoms with van der Waals surface area (Å²) in [5, 5.41) is 12.5. The van der Waals surface area contributed by atoms with E-state index in [-0.39, 0.29) is 6.04 Å². The van der Waals surface area contributed by atoms with E-state index >= 15 is 0 Å². The van der Waals surface area contributed by atoms with Crippen LogP contribution in [0.25, 0.3) is 21.3 Å². The minimum absolute atomic E-state index is 0.274. The van der Waals surface area contributed by atoms with E-state index in [9.17, 15) is 4.79 Å². The highest BCUT2D eigenvalue weighted by Gasteiger charge is 2.20. The highest BCUT2D eigenvalue weighted by Crippen LogP contribution is 2.32. The predicted molar refractivity (Wildman–Crippen MR) is 96.2 cm³/mol. The van der Waals surface area contributed by atoms with Gasteiger partial charge in [0.05, 0.1) is 16.3 Å². The van der Waals surface area contributed by atoms with Crippen molar-refractivity contribution in [1.82, 2.24) is 15.3 Å². The summed E-state index contributed by atoms with van der Waals surface area (Å²) in [7, 11) is 0. The molecule has 0 saturated heterocycles. The largest absolute Gasteiger partial charge is 0.465 e. The van der Waals surface area contributed by atoms with Crippen molar-refractivity contribution in [2.45, 2.75) is 26.3 Å². The molecule has 1 aromatic carbocycles. The minimum atomic E-state index is -1.02. The van der Waals surface area contributed by atoms with Crippen LogP contribution in [0.3, 0.4) is 0 Å². The van der Waals surface area contributed by atoms with Crippen LogP contribution in [0.1, 0.15) is 31.3 Å². The standard InChI is InChI=1S/C18H19N3O2S/c1-11(2)9-15(21-18(22)23)17-20-14-4-3-13(10-16(14)24-17)12-5-7-19-8-6-12/h3-8,10-11,15,21H,9H2,1-2H3,(H,22,23). The molecule has 24 heavy (non-hydrogen) atoms. The second-order valence-corrected chi connectivity index (χ2v) is 7.16. The van der Waals surface area contributed by atoms with Crippen LogP contribution in [0.15, 0.2) is 42.7 Å². The van der Waals surface area contributed by atoms with Crippen LogP contribution in [-0.4, -0.2) is 21.2 Å². The molecule has 3 aromatic rings. The number of carbonyl (C=O) groups is 1. The van der Waals surface area contributed by atoms with E-state index in [1.54, 1.807) is 23.7 Å². The van der Waals surface area contributed by atoms with Crippen LogP contribution in [-0.2, 0) is 0 Å². The Labute approximate surface area is 144 Å². The number of hydrogen-bond acceptors (Lipinski definition) is 4. The molecule has 0 spiro atoms. The van der Waals surface area contributed by atoms with E-state index in [1.165, 1.54) is 0 Å². The van der Waals surface area contributed by atoms with Crippen molar-refractivity contribution in [3.05, 3.63) is 47.7 Å². The number of nitrogens with one attached hydrogen (secondary N) is 1. The molecule has 1 atom stereocenters. The first kappa shape index (κ1) is 16.4. The molecule has 1 amide bonds. The molecular formula is C18H19N3O2S. The number of hydrogen-bond donors (Lipinski definition) is 2. The molecule has 0 bridgehead atoms. The fraction of sp³-hybridized carbons (Fsp3) is 0.278. The summed E-state index contributed by atoms with van der Waals surface area (Å²) in [6, 6.07) is 9.78. The van der Waals surface area contributed by atoms with E-state index < -0.39 is 6.09 Å². The smallest absolute Gasteiger partial charge is 0.405 e. The van der Waals surface area contributed by atoms with Gasteiger partial charge in [-0.2, -0.15) is 0 Å². The molecule has 0 fully saturated rings. The molecule has 2 N–H and O–H groups in total. The molecule has 1 unspecified atom stereocenters. The second kappa shape index (κ2) is 6.97. The average molecular weight is 341 g/mol. The van der Waals surface area contributed by atoms with Gasteiger partial charge in [-0.1, -0.05) is 19.9 Å². The van der Waals surface area contributed by atoms with Crippen LogP contribution in [0, 0.1) is 5.92 Å². The number of nitrogens with zero attached hydrogens (tertiary/aromatic N) is 2. The first-order chi connectivity index (χ1) is 11.5. The Balaban J connectivity index is 1.96. The molecular weight excluding hydrogens is 322 g/mol. The number of thiazole rings is 1. The van der Waals surface area contributed by atoms with E-state index in [2.05, 4.69) is 35.2 Å². The Kier molecular flexibility index (Phi) is 4.76. The second-order valence-electron chi connectivity index (χ2n) is 6.10. The first-order valence-electron chi connectivity index (χ1n) is 7.83. The summed E-state index contributed by atoms with van der Waals surface area (Å²) in [6.45, 7) is 4.15. The minimum Gasteiger partial charge on any atom is -0.465 e. The Morgan fingerprint density at radius 2 is 1.96 bits per heavy atom. The summed E-state index contributed by atoms with van der Waals surface area (Å²) >= 11 is 1.55. The van der Waals surface area contributed by atoms with Crippen molar-refractivity contribution < 1.29 is 9.90 Å². The van der Waals surface area contributed by atoms with Crippen LogP contribution in [0.5, 0.6) is 0 Å². The zero-order chi connectivity index (χ0) is 17.1. The molecule has 0 saturated carbocycles. The van der Waals surface area contributed by atoms with Gasteiger partial charge in [-0.25, -0.2) is 9.78 Å². The summed E-state index contributed by atoms with van der Waals surface area (Å²) in [6.07, 6.45) is 3.25. The highest BCUT2D eigenvalue weighted by atomic mass is 32.1. The van der Waals surface area contributed by atoms with Crippen molar-refractivity contribution in [2.75, 3.05) is 0 Å². The fourth-order valence-electron chi connectivity index (χ4n) is 2.66. The van der Waals surface area contributed by atoms with Gasteiger partial charge < -0.3 is 10.4 Å². The SMILES string of the molecule is CC(C)CC(NC(=O)O)c1nc2ccc(-c3ccncc3)cc2s1. The van der Waals surface area contributed by atoms with Crippen LogP contribution >= 0.6 is 11.3 Å². The van der Waals surface area contributed by atoms with E-state index in [0.29, 0.717) is 5.92 Å². The Bertz CT molecular complexity index is 846. The molecule has 124 valence electrons. The number of rotatable bonds is 5. The fourth-order valence-corrected chi connectivity index (χ4v) is 3.73. The molecule has 2 aromatic heterocycles. The quantitative estimate of drug-likeness (QED) is 0.704. The molecule has 3 rings (SSSR count). The van der Waals surface area contributed by atoms with Gasteiger partial charge in [-0.05, 0) is 47.7 Å². The molecule has 2 heterocycles. The van der Waals surface area contributed by atoms with Gasteiger partial charge in [0.15, 0.2) is 0 Å². The van der Waals surface area contributed by atoms with Crippen molar-refractivity contribution in [3.63, 3.8) is 0 Å². The van der Waals surface area contributed by atoms with Crippen LogP contribution in [0.2, 0.25) is 0 Å². The van der Waals surface area contributed by atoms with Gasteiger partial charge in [-0.3, -0.25) is 4.98 Å². The van der Waals surface area contributed by atoms with Crippen molar-refractivity contribution in [1.29, 1.82) is 0 Å². The average Bonchev–Trinajstić information content (AvgIpc) is 2.97. The van der Waals surface area contributed by atoms with Gasteiger partial charge in [0, 0.05) is 12.4 Å². The topological polar surface area (TPSA) is 75.1 Å². The normalized spacial score (nSPS) is 12.5. The molecule has 0 aliphatic rings. The lowest BCUT2D eigenvalue weighted by Gasteiger charge is -2.16. The summed E-state index contributed by atoms with van der Waals surface area (Å²) in [5.74, 6) is 0.376. The third-order valence-electron chi connectivity index (χ3n) is 3.72. The summed E-state index contributed by atoms with van der Waals surface area (Å²) in [5.41, 5.74) is 3.10. The maximum absolute atomic E-state index is 11.1. The van der Waals surface area contributed by atoms with Gasteiger partial charge in [0.2, 0.25) is 0 Å². The van der Waals surface area contributed by atoms with E-state index in [4.69, 9.17) is 5.11 Å². The van der Waals surface area contributed by atoms with Crippen molar-refractivity contribution in [2.24, 2.45) is 5.92 Å². The van der Waals surface area contributed by atoms with Gasteiger partial charge in [0.25, 0.3) is 0 Å². The molecule has 5 nitrogen and oxygen atoms in total. The lowest BCUT2D eigenvalue weighted by Crippen LogP contribution is -2.27. The predicted octanol–water partition coefficient (Wildman–Crippen LogP) is 4.71. The number of benzene rings is 1. The monoisotopic (exact) mass is 341 g/mol. The van der Waals surface area contributed by atoms with E-state index in [1.807, 2.05) is 24.3 Å². The molecule has 0 aliphatic carbocycles. The number of pyridine rings is 1. The summed E-state index contributed by atoms with van der Waals surface area (Å²) in [4.78, 5) is 19.8. The zero-order valence-electron chi connectivity index (χ0n) is 13.6. The van der Waals surface area contributed by atoms with E-state index in [0.717, 1.165) is 32.8 Å². The Morgan fingerprint density at radius 1 is 1.21 bits per heavy atom. The summed E-state index contributed by atoms with van der Waals surface area (Å²) < 4.78 is 1.06. The molecule has 6 heteroatoms. The lowest BCUT2D eigenvalue weighted by molar-refractivity contribution is 0.188. The number of aromatic nitrogens is 2. The van der Waals surface area contributed by atoms with Gasteiger partial charge in [-0.15, -0.1) is 11.3 Å². The number of carboxylic acid groups (broad SMARTS) is 1. The third kappa shape index (κ3) is 3.71. The molecule has 0 aliphatic heterocycles.